The van der Waals surface area contributed by atoms with Gasteiger partial charge in [-0.3, -0.25) is 0 Å². The summed E-state index contributed by atoms with van der Waals surface area (Å²) in [6.45, 7) is 9.55. The van der Waals surface area contributed by atoms with E-state index in [1.165, 1.54) is 11.1 Å². The molecule has 3 rings (SSSR count). The molecular weight excluding hydrogens is 340 g/mol. The number of nitrogens with one attached hydrogen (secondary N) is 1. The van der Waals surface area contributed by atoms with E-state index in [9.17, 15) is 9.90 Å². The van der Waals surface area contributed by atoms with Gasteiger partial charge in [0.15, 0.2) is 0 Å². The highest BCUT2D eigenvalue weighted by atomic mass is 16.4. The Bertz CT molecular complexity index is 966. The maximum atomic E-state index is 11.9. The van der Waals surface area contributed by atoms with Crippen LogP contribution >= 0.6 is 0 Å². The lowest BCUT2D eigenvalue weighted by Crippen LogP contribution is -2.15. The number of benzene rings is 1. The van der Waals surface area contributed by atoms with Gasteiger partial charge < -0.3 is 19.4 Å². The SMILES string of the molecule is Cc1cccc(Cn2c(C)c(CNCc3ccc(C)o3)c(C(=O)O)c2C)c1. The number of hydrogen-bond donors (Lipinski definition) is 2. The van der Waals surface area contributed by atoms with Crippen LogP contribution in [0, 0.1) is 27.7 Å². The van der Waals surface area contributed by atoms with Crippen molar-refractivity contribution in [2.75, 3.05) is 0 Å². The van der Waals surface area contributed by atoms with E-state index in [1.807, 2.05) is 39.0 Å². The summed E-state index contributed by atoms with van der Waals surface area (Å²) in [4.78, 5) is 11.9. The van der Waals surface area contributed by atoms with Gasteiger partial charge in [-0.05, 0) is 45.4 Å². The van der Waals surface area contributed by atoms with Crippen LogP contribution in [0.5, 0.6) is 0 Å². The number of carboxylic acid groups (broad SMARTS) is 1. The zero-order valence-corrected chi connectivity index (χ0v) is 16.3. The molecule has 0 radical (unpaired) electrons. The minimum absolute atomic E-state index is 0.392. The average Bonchev–Trinajstić information content (AvgIpc) is 3.11. The minimum atomic E-state index is -0.885. The first kappa shape index (κ1) is 19.0. The molecule has 0 aliphatic heterocycles. The summed E-state index contributed by atoms with van der Waals surface area (Å²) >= 11 is 0. The summed E-state index contributed by atoms with van der Waals surface area (Å²) in [5.41, 5.74) is 5.35. The normalized spacial score (nSPS) is 11.1. The van der Waals surface area contributed by atoms with E-state index in [4.69, 9.17) is 4.42 Å². The fraction of sp³-hybridized carbons (Fsp3) is 0.318. The quantitative estimate of drug-likeness (QED) is 0.652. The minimum Gasteiger partial charge on any atom is -0.478 e. The average molecular weight is 366 g/mol. The van der Waals surface area contributed by atoms with Gasteiger partial charge in [-0.25, -0.2) is 4.79 Å². The van der Waals surface area contributed by atoms with Gasteiger partial charge in [0.05, 0.1) is 12.1 Å². The Labute approximate surface area is 159 Å². The van der Waals surface area contributed by atoms with Gasteiger partial charge in [0, 0.05) is 30.0 Å². The van der Waals surface area contributed by atoms with Crippen LogP contribution in [0.4, 0.5) is 0 Å². The number of aromatic nitrogens is 1. The van der Waals surface area contributed by atoms with E-state index in [-0.39, 0.29) is 0 Å². The predicted octanol–water partition coefficient (Wildman–Crippen LogP) is 4.35. The van der Waals surface area contributed by atoms with Gasteiger partial charge in [0.1, 0.15) is 11.5 Å². The fourth-order valence-corrected chi connectivity index (χ4v) is 3.57. The van der Waals surface area contributed by atoms with Gasteiger partial charge in [0.2, 0.25) is 0 Å². The van der Waals surface area contributed by atoms with Crippen LogP contribution in [0.25, 0.3) is 0 Å². The van der Waals surface area contributed by atoms with Crippen LogP contribution in [-0.2, 0) is 19.6 Å². The third-order valence-corrected chi connectivity index (χ3v) is 4.94. The lowest BCUT2D eigenvalue weighted by molar-refractivity contribution is 0.0694. The number of nitrogens with zero attached hydrogens (tertiary/aromatic N) is 1. The van der Waals surface area contributed by atoms with E-state index < -0.39 is 5.97 Å². The monoisotopic (exact) mass is 366 g/mol. The third kappa shape index (κ3) is 4.14. The van der Waals surface area contributed by atoms with Crippen molar-refractivity contribution in [1.82, 2.24) is 9.88 Å². The summed E-state index contributed by atoms with van der Waals surface area (Å²) in [6.07, 6.45) is 0. The molecule has 0 spiro atoms. The Morgan fingerprint density at radius 1 is 1.07 bits per heavy atom. The Balaban J connectivity index is 1.85. The molecule has 2 aromatic heterocycles. The largest absolute Gasteiger partial charge is 0.478 e. The zero-order chi connectivity index (χ0) is 19.6. The molecule has 0 saturated heterocycles. The molecule has 5 nitrogen and oxygen atoms in total. The molecule has 5 heteroatoms. The van der Waals surface area contributed by atoms with Crippen molar-refractivity contribution >= 4 is 5.97 Å². The first-order valence-corrected chi connectivity index (χ1v) is 9.10. The van der Waals surface area contributed by atoms with E-state index in [0.717, 1.165) is 28.5 Å². The number of carbonyl (C=O) groups is 1. The van der Waals surface area contributed by atoms with E-state index in [1.54, 1.807) is 0 Å². The van der Waals surface area contributed by atoms with Crippen molar-refractivity contribution in [3.8, 4) is 0 Å². The zero-order valence-electron chi connectivity index (χ0n) is 16.3. The van der Waals surface area contributed by atoms with Crippen molar-refractivity contribution in [3.63, 3.8) is 0 Å². The second kappa shape index (κ2) is 7.84. The number of aromatic carboxylic acids is 1. The summed E-state index contributed by atoms with van der Waals surface area (Å²) in [6, 6.07) is 12.2. The van der Waals surface area contributed by atoms with E-state index >= 15 is 0 Å². The van der Waals surface area contributed by atoms with Gasteiger partial charge in [-0.2, -0.15) is 0 Å². The Morgan fingerprint density at radius 2 is 1.85 bits per heavy atom. The van der Waals surface area contributed by atoms with Crippen LogP contribution in [0.2, 0.25) is 0 Å². The van der Waals surface area contributed by atoms with Crippen LogP contribution in [-0.4, -0.2) is 15.6 Å². The van der Waals surface area contributed by atoms with Gasteiger partial charge in [-0.1, -0.05) is 29.8 Å². The fourth-order valence-electron chi connectivity index (χ4n) is 3.57. The summed E-state index contributed by atoms with van der Waals surface area (Å²) < 4.78 is 7.65. The highest BCUT2D eigenvalue weighted by Crippen LogP contribution is 2.24. The summed E-state index contributed by atoms with van der Waals surface area (Å²) in [7, 11) is 0. The highest BCUT2D eigenvalue weighted by Gasteiger charge is 2.22. The second-order valence-electron chi connectivity index (χ2n) is 7.02. The van der Waals surface area contributed by atoms with Crippen molar-refractivity contribution in [1.29, 1.82) is 0 Å². The number of carboxylic acids is 1. The number of aryl methyl sites for hydroxylation is 2. The number of furan rings is 1. The Morgan fingerprint density at radius 3 is 2.48 bits per heavy atom. The van der Waals surface area contributed by atoms with Gasteiger partial charge in [0.25, 0.3) is 0 Å². The topological polar surface area (TPSA) is 67.4 Å². The Hall–Kier alpha value is -2.79. The maximum absolute atomic E-state index is 11.9. The third-order valence-electron chi connectivity index (χ3n) is 4.94. The number of rotatable bonds is 7. The van der Waals surface area contributed by atoms with Crippen molar-refractivity contribution in [3.05, 3.63) is 81.6 Å². The molecule has 2 N–H and O–H groups in total. The van der Waals surface area contributed by atoms with Crippen LogP contribution < -0.4 is 5.32 Å². The molecule has 27 heavy (non-hydrogen) atoms. The molecule has 142 valence electrons. The molecule has 2 heterocycles. The lowest BCUT2D eigenvalue weighted by Gasteiger charge is -2.11. The van der Waals surface area contributed by atoms with Crippen LogP contribution in [0.15, 0.2) is 40.8 Å². The summed E-state index contributed by atoms with van der Waals surface area (Å²) in [5.74, 6) is 0.830. The smallest absolute Gasteiger partial charge is 0.337 e. The first-order valence-electron chi connectivity index (χ1n) is 9.10. The molecule has 0 saturated carbocycles. The van der Waals surface area contributed by atoms with Crippen LogP contribution in [0.3, 0.4) is 0 Å². The number of hydrogen-bond acceptors (Lipinski definition) is 3. The maximum Gasteiger partial charge on any atom is 0.337 e. The lowest BCUT2D eigenvalue weighted by atomic mass is 10.1. The van der Waals surface area contributed by atoms with E-state index in [2.05, 4.69) is 35.0 Å². The molecule has 3 aromatic rings. The first-order chi connectivity index (χ1) is 12.9. The Kier molecular flexibility index (Phi) is 5.51. The predicted molar refractivity (Wildman–Crippen MR) is 105 cm³/mol. The molecule has 0 aliphatic rings. The molecule has 0 amide bonds. The standard InChI is InChI=1S/C22H26N2O3/c1-14-6-5-7-18(10-14)13-24-16(3)20(21(17(24)4)22(25)26)12-23-11-19-9-8-15(2)27-19/h5-10,23H,11-13H2,1-4H3,(H,25,26). The highest BCUT2D eigenvalue weighted by molar-refractivity contribution is 5.91. The molecule has 0 aliphatic carbocycles. The molecule has 0 fully saturated rings. The molecular formula is C22H26N2O3. The van der Waals surface area contributed by atoms with Gasteiger partial charge >= 0.3 is 5.97 Å². The molecule has 0 unspecified atom stereocenters. The van der Waals surface area contributed by atoms with E-state index in [0.29, 0.717) is 25.2 Å². The summed E-state index contributed by atoms with van der Waals surface area (Å²) in [5, 5.41) is 13.1. The molecule has 1 aromatic carbocycles. The van der Waals surface area contributed by atoms with Crippen molar-refractivity contribution in [2.24, 2.45) is 0 Å². The second-order valence-corrected chi connectivity index (χ2v) is 7.02. The van der Waals surface area contributed by atoms with Crippen LogP contribution in [0.1, 0.15) is 50.0 Å². The van der Waals surface area contributed by atoms with Crippen molar-refractivity contribution in [2.45, 2.75) is 47.3 Å². The van der Waals surface area contributed by atoms with Crippen molar-refractivity contribution < 1.29 is 14.3 Å². The molecule has 0 bridgehead atoms. The van der Waals surface area contributed by atoms with Gasteiger partial charge in [-0.15, -0.1) is 0 Å². The molecule has 0 atom stereocenters.